The Morgan fingerprint density at radius 1 is 1.08 bits per heavy atom. The third-order valence-corrected chi connectivity index (χ3v) is 11.0. The second-order valence-electron chi connectivity index (χ2n) is 14.6. The van der Waals surface area contributed by atoms with Gasteiger partial charge in [-0.1, -0.05) is 65.7 Å². The van der Waals surface area contributed by atoms with Crippen LogP contribution in [0.5, 0.6) is 0 Å². The van der Waals surface area contributed by atoms with E-state index in [1.54, 1.807) is 6.08 Å². The fraction of sp³-hybridized carbons (Fsp3) is 0.865. The standard InChI is InChI=1S/C37H65F2N7O2/c1-5-8-10-11-12-15-32-34(35(30(39)23-42-32)46-19-18-45-20-21-48-25-29(45)24-46)44-37(47)33-26(4)41-22-28(38)16-17-31(43-36(33)40)27(13-7-3)14-9-6-2/h16,22,26-27,29-31,33-36,43H,5-15,17-21,23-25,40H2,1-4H3,(H,44,47)/b28-16+,41-22?/t26?,27?,29-,30?,31?,33?,34?,35?,36?/m0/s1. The van der Waals surface area contributed by atoms with E-state index in [-0.39, 0.29) is 24.5 Å². The Morgan fingerprint density at radius 3 is 2.62 bits per heavy atom. The highest BCUT2D eigenvalue weighted by atomic mass is 19.1. The number of amides is 1. The van der Waals surface area contributed by atoms with E-state index in [1.807, 2.05) is 6.92 Å². The predicted octanol–water partition coefficient (Wildman–Crippen LogP) is 5.19. The van der Waals surface area contributed by atoms with Crippen LogP contribution in [-0.4, -0.2) is 116 Å². The van der Waals surface area contributed by atoms with Crippen LogP contribution in [0.25, 0.3) is 0 Å². The summed E-state index contributed by atoms with van der Waals surface area (Å²) in [5, 5.41) is 6.88. The minimum atomic E-state index is -1.21. The number of piperazine rings is 1. The van der Waals surface area contributed by atoms with Crippen molar-refractivity contribution >= 4 is 17.8 Å². The molecular formula is C37H65F2N7O2. The maximum Gasteiger partial charge on any atom is 0.228 e. The number of halogens is 2. The van der Waals surface area contributed by atoms with Gasteiger partial charge in [0, 0.05) is 44.0 Å². The Bertz CT molecular complexity index is 1070. The Kier molecular flexibility index (Phi) is 16.4. The van der Waals surface area contributed by atoms with Crippen molar-refractivity contribution in [2.75, 3.05) is 45.9 Å². The van der Waals surface area contributed by atoms with Gasteiger partial charge in [-0.3, -0.25) is 29.9 Å². The van der Waals surface area contributed by atoms with Gasteiger partial charge in [-0.15, -0.1) is 0 Å². The number of unbranched alkanes of at least 4 members (excludes halogenated alkanes) is 5. The van der Waals surface area contributed by atoms with Crippen molar-refractivity contribution in [1.29, 1.82) is 0 Å². The van der Waals surface area contributed by atoms with Crippen molar-refractivity contribution in [3.63, 3.8) is 0 Å². The van der Waals surface area contributed by atoms with Gasteiger partial charge in [-0.2, -0.15) is 0 Å². The van der Waals surface area contributed by atoms with E-state index in [0.717, 1.165) is 96.2 Å². The number of fused-ring (bicyclic) bond motifs is 1. The molecule has 0 saturated carbocycles. The molecule has 4 aliphatic heterocycles. The molecule has 4 N–H and O–H groups in total. The second-order valence-corrected chi connectivity index (χ2v) is 14.6. The fourth-order valence-electron chi connectivity index (χ4n) is 8.25. The van der Waals surface area contributed by atoms with Crippen LogP contribution in [0.15, 0.2) is 21.9 Å². The Balaban J connectivity index is 1.59. The van der Waals surface area contributed by atoms with Crippen LogP contribution in [-0.2, 0) is 9.53 Å². The summed E-state index contributed by atoms with van der Waals surface area (Å²) in [7, 11) is 0. The summed E-state index contributed by atoms with van der Waals surface area (Å²) < 4.78 is 36.9. The first-order valence-corrected chi connectivity index (χ1v) is 19.2. The molecule has 11 heteroatoms. The molecule has 4 heterocycles. The Hall–Kier alpha value is -1.79. The number of morpholine rings is 1. The summed E-state index contributed by atoms with van der Waals surface area (Å²) in [6.45, 7) is 13.0. The number of alkyl halides is 1. The van der Waals surface area contributed by atoms with Gasteiger partial charge in [-0.25, -0.2) is 8.78 Å². The molecule has 9 atom stereocenters. The first kappa shape index (κ1) is 39.0. The maximum atomic E-state index is 16.1. The molecule has 8 unspecified atom stereocenters. The van der Waals surface area contributed by atoms with Gasteiger partial charge in [0.2, 0.25) is 5.91 Å². The van der Waals surface area contributed by atoms with Crippen LogP contribution in [0, 0.1) is 11.8 Å². The number of nitrogens with one attached hydrogen (secondary N) is 2. The zero-order chi connectivity index (χ0) is 34.5. The molecule has 0 aliphatic carbocycles. The molecule has 9 nitrogen and oxygen atoms in total. The molecule has 274 valence electrons. The smallest absolute Gasteiger partial charge is 0.228 e. The summed E-state index contributed by atoms with van der Waals surface area (Å²) >= 11 is 0. The number of rotatable bonds is 15. The third-order valence-electron chi connectivity index (χ3n) is 11.0. The second kappa shape index (κ2) is 20.2. The molecule has 0 radical (unpaired) electrons. The van der Waals surface area contributed by atoms with Gasteiger partial charge in [-0.05, 0) is 51.0 Å². The monoisotopic (exact) mass is 678 g/mol. The Labute approximate surface area is 289 Å². The lowest BCUT2D eigenvalue weighted by Gasteiger charge is -2.49. The molecule has 0 bridgehead atoms. The minimum absolute atomic E-state index is 0.0712. The molecule has 0 aromatic rings. The quantitative estimate of drug-likeness (QED) is 0.206. The minimum Gasteiger partial charge on any atom is -0.378 e. The van der Waals surface area contributed by atoms with Crippen molar-refractivity contribution in [3.05, 3.63) is 11.9 Å². The molecular weight excluding hydrogens is 612 g/mol. The van der Waals surface area contributed by atoms with Gasteiger partial charge < -0.3 is 15.8 Å². The van der Waals surface area contributed by atoms with Crippen molar-refractivity contribution in [2.45, 2.75) is 147 Å². The topological polar surface area (TPSA) is 108 Å². The molecule has 2 fully saturated rings. The molecule has 2 saturated heterocycles. The first-order valence-electron chi connectivity index (χ1n) is 19.2. The van der Waals surface area contributed by atoms with Gasteiger partial charge >= 0.3 is 0 Å². The number of hydrogen-bond acceptors (Lipinski definition) is 8. The third kappa shape index (κ3) is 10.9. The predicted molar refractivity (Wildman–Crippen MR) is 192 cm³/mol. The summed E-state index contributed by atoms with van der Waals surface area (Å²) in [4.78, 5) is 28.4. The molecule has 4 aliphatic rings. The summed E-state index contributed by atoms with van der Waals surface area (Å²) in [6.07, 6.45) is 12.8. The van der Waals surface area contributed by atoms with E-state index in [1.165, 1.54) is 12.6 Å². The summed E-state index contributed by atoms with van der Waals surface area (Å²) in [5.74, 6) is -1.15. The lowest BCUT2D eigenvalue weighted by Crippen LogP contribution is -2.68. The van der Waals surface area contributed by atoms with Gasteiger partial charge in [0.05, 0.1) is 56.2 Å². The van der Waals surface area contributed by atoms with E-state index in [9.17, 15) is 9.18 Å². The van der Waals surface area contributed by atoms with Crippen molar-refractivity contribution in [1.82, 2.24) is 20.4 Å². The zero-order valence-corrected chi connectivity index (χ0v) is 30.2. The van der Waals surface area contributed by atoms with Crippen LogP contribution < -0.4 is 16.4 Å². The van der Waals surface area contributed by atoms with Crippen LogP contribution in [0.1, 0.15) is 105 Å². The normalized spacial score (nSPS) is 34.1. The number of carbonyl (C=O) groups is 1. The van der Waals surface area contributed by atoms with Crippen LogP contribution in [0.3, 0.4) is 0 Å². The zero-order valence-electron chi connectivity index (χ0n) is 30.2. The number of hydrogen-bond donors (Lipinski definition) is 3. The number of ether oxygens (including phenoxy) is 1. The number of allylic oxidation sites excluding steroid dienone is 1. The highest BCUT2D eigenvalue weighted by Gasteiger charge is 2.45. The van der Waals surface area contributed by atoms with Gasteiger partial charge in [0.15, 0.2) is 0 Å². The molecule has 0 aromatic carbocycles. The highest BCUT2D eigenvalue weighted by Crippen LogP contribution is 2.28. The van der Waals surface area contributed by atoms with E-state index in [0.29, 0.717) is 25.5 Å². The van der Waals surface area contributed by atoms with E-state index in [2.05, 4.69) is 46.2 Å². The number of nitrogens with two attached hydrogens (primary N) is 1. The summed E-state index contributed by atoms with van der Waals surface area (Å²) in [5.41, 5.74) is 7.77. The fourth-order valence-corrected chi connectivity index (χ4v) is 8.25. The van der Waals surface area contributed by atoms with Crippen molar-refractivity contribution in [2.24, 2.45) is 27.6 Å². The van der Waals surface area contributed by atoms with E-state index < -0.39 is 42.2 Å². The van der Waals surface area contributed by atoms with Gasteiger partial charge in [0.25, 0.3) is 0 Å². The molecule has 0 aromatic heterocycles. The summed E-state index contributed by atoms with van der Waals surface area (Å²) in [6, 6.07) is -1.56. The number of nitrogens with zero attached hydrogens (tertiary/aromatic N) is 4. The molecule has 48 heavy (non-hydrogen) atoms. The number of aliphatic imine (C=N–C) groups is 2. The maximum absolute atomic E-state index is 16.1. The lowest BCUT2D eigenvalue weighted by atomic mass is 9.85. The molecule has 0 spiro atoms. The largest absolute Gasteiger partial charge is 0.378 e. The molecule has 1 amide bonds. The average Bonchev–Trinajstić information content (AvgIpc) is 3.08. The first-order chi connectivity index (χ1) is 23.3. The Morgan fingerprint density at radius 2 is 1.85 bits per heavy atom. The van der Waals surface area contributed by atoms with Crippen LogP contribution >= 0.6 is 0 Å². The van der Waals surface area contributed by atoms with Crippen molar-refractivity contribution < 1.29 is 18.3 Å². The average molecular weight is 678 g/mol. The highest BCUT2D eigenvalue weighted by molar-refractivity contribution is 5.95. The van der Waals surface area contributed by atoms with E-state index >= 15 is 4.39 Å². The van der Waals surface area contributed by atoms with Crippen molar-refractivity contribution in [3.8, 4) is 0 Å². The van der Waals surface area contributed by atoms with Gasteiger partial charge in [0.1, 0.15) is 12.0 Å². The SMILES string of the molecule is CCCCCCCC1=NCC(F)C(N2CCN3CCOC[C@@H]3C2)C1NC(=O)C1C(C)N=C/C(F)=C\CC(C(CCC)CCCC)NC1N. The van der Waals surface area contributed by atoms with E-state index in [4.69, 9.17) is 15.5 Å². The molecule has 4 rings (SSSR count). The van der Waals surface area contributed by atoms with Crippen LogP contribution in [0.2, 0.25) is 0 Å². The van der Waals surface area contributed by atoms with Crippen LogP contribution in [0.4, 0.5) is 8.78 Å². The lowest BCUT2D eigenvalue weighted by molar-refractivity contribution is -0.127. The number of carbonyl (C=O) groups excluding carboxylic acids is 1.